The zero-order valence-electron chi connectivity index (χ0n) is 17.5. The van der Waals surface area contributed by atoms with Gasteiger partial charge in [0.1, 0.15) is 0 Å². The minimum atomic E-state index is -0.261. The predicted octanol–water partition coefficient (Wildman–Crippen LogP) is 5.25. The van der Waals surface area contributed by atoms with Gasteiger partial charge in [0.25, 0.3) is 0 Å². The number of amides is 3. The van der Waals surface area contributed by atoms with Gasteiger partial charge in [-0.15, -0.1) is 11.8 Å². The number of benzene rings is 3. The van der Waals surface area contributed by atoms with Gasteiger partial charge in [0.2, 0.25) is 5.91 Å². The van der Waals surface area contributed by atoms with Gasteiger partial charge >= 0.3 is 6.03 Å². The topological polar surface area (TPSA) is 52.7 Å². The average molecular weight is 432 g/mol. The van der Waals surface area contributed by atoms with Gasteiger partial charge in [-0.25, -0.2) is 4.79 Å². The quantitative estimate of drug-likeness (QED) is 0.603. The van der Waals surface area contributed by atoms with Crippen molar-refractivity contribution in [1.82, 2.24) is 4.90 Å². The van der Waals surface area contributed by atoms with Crippen LogP contribution < -0.4 is 10.2 Å². The Labute approximate surface area is 186 Å². The Morgan fingerprint density at radius 3 is 2.45 bits per heavy atom. The second-order valence-corrected chi connectivity index (χ2v) is 9.58. The third kappa shape index (κ3) is 3.65. The molecule has 2 heterocycles. The maximum Gasteiger partial charge on any atom is 0.321 e. The lowest BCUT2D eigenvalue weighted by atomic mass is 10.0. The van der Waals surface area contributed by atoms with Crippen molar-refractivity contribution in [1.29, 1.82) is 0 Å². The summed E-state index contributed by atoms with van der Waals surface area (Å²) in [5.74, 6) is 0.651. The summed E-state index contributed by atoms with van der Waals surface area (Å²) < 4.78 is 0. The zero-order valence-corrected chi connectivity index (χ0v) is 18.3. The van der Waals surface area contributed by atoms with Crippen LogP contribution in [0.25, 0.3) is 10.8 Å². The van der Waals surface area contributed by atoms with Crippen LogP contribution in [0.2, 0.25) is 0 Å². The number of aryl methyl sites for hydroxylation is 1. The lowest BCUT2D eigenvalue weighted by Crippen LogP contribution is -2.53. The third-order valence-electron chi connectivity index (χ3n) is 6.28. The highest BCUT2D eigenvalue weighted by molar-refractivity contribution is 8.02. The van der Waals surface area contributed by atoms with E-state index in [1.165, 1.54) is 5.56 Å². The van der Waals surface area contributed by atoms with E-state index < -0.39 is 0 Å². The fraction of sp³-hybridized carbons (Fsp3) is 0.280. The number of anilines is 2. The van der Waals surface area contributed by atoms with Crippen molar-refractivity contribution in [3.63, 3.8) is 0 Å². The first-order valence-electron chi connectivity index (χ1n) is 10.6. The minimum Gasteiger partial charge on any atom is -0.324 e. The largest absolute Gasteiger partial charge is 0.324 e. The Morgan fingerprint density at radius 1 is 0.968 bits per heavy atom. The molecule has 0 radical (unpaired) electrons. The second kappa shape index (κ2) is 7.93. The van der Waals surface area contributed by atoms with E-state index >= 15 is 0 Å². The smallest absolute Gasteiger partial charge is 0.321 e. The minimum absolute atomic E-state index is 0.0811. The van der Waals surface area contributed by atoms with Gasteiger partial charge in [0.15, 0.2) is 0 Å². The Morgan fingerprint density at radius 2 is 1.68 bits per heavy atom. The molecule has 2 fully saturated rings. The van der Waals surface area contributed by atoms with E-state index in [4.69, 9.17) is 0 Å². The van der Waals surface area contributed by atoms with Crippen molar-refractivity contribution in [2.24, 2.45) is 0 Å². The summed E-state index contributed by atoms with van der Waals surface area (Å²) >= 11 is 1.72. The molecule has 6 heteroatoms. The molecule has 0 bridgehead atoms. The molecule has 3 amide bonds. The Kier molecular flexibility index (Phi) is 5.10. The standard InChI is InChI=1S/C25H25N3O2S/c1-18-9-11-20(12-10-18)28-23(29)17-31-25(28)13-15-27(16-14-25)24(30)26-22-8-4-6-19-5-2-3-7-21(19)22/h2-12H,13-17H2,1H3,(H,26,30). The first-order chi connectivity index (χ1) is 15.1. The number of nitrogens with zero attached hydrogens (tertiary/aromatic N) is 2. The van der Waals surface area contributed by atoms with E-state index in [1.807, 2.05) is 83.5 Å². The van der Waals surface area contributed by atoms with Gasteiger partial charge in [-0.3, -0.25) is 9.69 Å². The second-order valence-electron chi connectivity index (χ2n) is 8.24. The molecule has 158 valence electrons. The summed E-state index contributed by atoms with van der Waals surface area (Å²) in [5, 5.41) is 5.23. The highest BCUT2D eigenvalue weighted by atomic mass is 32.2. The molecule has 0 unspecified atom stereocenters. The van der Waals surface area contributed by atoms with Crippen molar-refractivity contribution < 1.29 is 9.59 Å². The summed E-state index contributed by atoms with van der Waals surface area (Å²) in [6.07, 6.45) is 1.53. The van der Waals surface area contributed by atoms with Crippen molar-refractivity contribution in [2.75, 3.05) is 29.1 Å². The predicted molar refractivity (Wildman–Crippen MR) is 128 cm³/mol. The number of carbonyl (C=O) groups is 2. The molecular formula is C25H25N3O2S. The van der Waals surface area contributed by atoms with Crippen LogP contribution in [0.5, 0.6) is 0 Å². The highest BCUT2D eigenvalue weighted by Crippen LogP contribution is 2.46. The number of hydrogen-bond acceptors (Lipinski definition) is 3. The number of rotatable bonds is 2. The molecule has 2 saturated heterocycles. The highest BCUT2D eigenvalue weighted by Gasteiger charge is 2.49. The van der Waals surface area contributed by atoms with E-state index in [0.29, 0.717) is 18.8 Å². The number of carbonyl (C=O) groups excluding carboxylic acids is 2. The number of thioether (sulfide) groups is 1. The maximum absolute atomic E-state index is 13.0. The normalized spacial score (nSPS) is 18.0. The van der Waals surface area contributed by atoms with Crippen molar-refractivity contribution in [3.05, 3.63) is 72.3 Å². The summed E-state index contributed by atoms with van der Waals surface area (Å²) in [5.41, 5.74) is 2.96. The van der Waals surface area contributed by atoms with Crippen molar-refractivity contribution in [2.45, 2.75) is 24.6 Å². The van der Waals surface area contributed by atoms with Crippen molar-refractivity contribution in [3.8, 4) is 0 Å². The van der Waals surface area contributed by atoms with Gasteiger partial charge in [-0.2, -0.15) is 0 Å². The summed E-state index contributed by atoms with van der Waals surface area (Å²) in [6.45, 7) is 3.30. The molecule has 5 nitrogen and oxygen atoms in total. The Bertz CT molecular complexity index is 1130. The molecular weight excluding hydrogens is 406 g/mol. The molecule has 3 aromatic carbocycles. The molecule has 1 spiro atoms. The molecule has 1 N–H and O–H groups in total. The molecule has 0 aliphatic carbocycles. The SMILES string of the molecule is Cc1ccc(N2C(=O)CSC23CCN(C(=O)Nc2cccc4ccccc24)CC3)cc1. The number of nitrogens with one attached hydrogen (secondary N) is 1. The fourth-order valence-electron chi connectivity index (χ4n) is 4.58. The van der Waals surface area contributed by atoms with Crippen LogP contribution in [0.1, 0.15) is 18.4 Å². The maximum atomic E-state index is 13.0. The molecule has 2 aliphatic rings. The third-order valence-corrected chi connectivity index (χ3v) is 7.80. The summed E-state index contributed by atoms with van der Waals surface area (Å²) in [6, 6.07) is 22.1. The van der Waals surface area contributed by atoms with Crippen molar-refractivity contribution >= 4 is 45.8 Å². The van der Waals surface area contributed by atoms with Gasteiger partial charge in [0.05, 0.1) is 16.3 Å². The number of likely N-dealkylation sites (tertiary alicyclic amines) is 1. The summed E-state index contributed by atoms with van der Waals surface area (Å²) in [7, 11) is 0. The molecule has 5 rings (SSSR count). The monoisotopic (exact) mass is 431 g/mol. The number of urea groups is 1. The molecule has 0 saturated carbocycles. The zero-order chi connectivity index (χ0) is 21.4. The van der Waals surface area contributed by atoms with E-state index in [2.05, 4.69) is 5.32 Å². The van der Waals surface area contributed by atoms with E-state index in [1.54, 1.807) is 11.8 Å². The van der Waals surface area contributed by atoms with Crippen LogP contribution in [0.15, 0.2) is 66.7 Å². The first-order valence-corrected chi connectivity index (χ1v) is 11.6. The number of fused-ring (bicyclic) bond motifs is 1. The molecule has 2 aliphatic heterocycles. The fourth-order valence-corrected chi connectivity index (χ4v) is 5.91. The lowest BCUT2D eigenvalue weighted by molar-refractivity contribution is -0.116. The molecule has 0 aromatic heterocycles. The van der Waals surface area contributed by atoms with E-state index in [0.717, 1.165) is 35.0 Å². The molecule has 0 atom stereocenters. The van der Waals surface area contributed by atoms with Crippen LogP contribution >= 0.6 is 11.8 Å². The Hall–Kier alpha value is -2.99. The van der Waals surface area contributed by atoms with E-state index in [9.17, 15) is 9.59 Å². The number of hydrogen-bond donors (Lipinski definition) is 1. The van der Waals surface area contributed by atoms with Crippen LogP contribution in [-0.2, 0) is 4.79 Å². The van der Waals surface area contributed by atoms with Gasteiger partial charge < -0.3 is 10.2 Å². The van der Waals surface area contributed by atoms with E-state index in [-0.39, 0.29) is 16.8 Å². The van der Waals surface area contributed by atoms with Gasteiger partial charge in [-0.05, 0) is 43.4 Å². The van der Waals surface area contributed by atoms with Crippen LogP contribution in [-0.4, -0.2) is 40.6 Å². The lowest BCUT2D eigenvalue weighted by Gasteiger charge is -2.44. The molecule has 3 aromatic rings. The van der Waals surface area contributed by atoms with Crippen LogP contribution in [0.3, 0.4) is 0 Å². The summed E-state index contributed by atoms with van der Waals surface area (Å²) in [4.78, 5) is 29.3. The Balaban J connectivity index is 1.31. The van der Waals surface area contributed by atoms with Crippen LogP contribution in [0.4, 0.5) is 16.2 Å². The first kappa shape index (κ1) is 19.9. The molecule has 31 heavy (non-hydrogen) atoms. The van der Waals surface area contributed by atoms with Crippen LogP contribution in [0, 0.1) is 6.92 Å². The van der Waals surface area contributed by atoms with Gasteiger partial charge in [0, 0.05) is 24.2 Å². The number of piperidine rings is 1. The average Bonchev–Trinajstić information content (AvgIpc) is 3.10. The van der Waals surface area contributed by atoms with Gasteiger partial charge in [-0.1, -0.05) is 54.1 Å².